The van der Waals surface area contributed by atoms with E-state index in [4.69, 9.17) is 0 Å². The molecule has 0 spiro atoms. The minimum absolute atomic E-state index is 0.0295. The molecular formula is C16H25NO3S. The fourth-order valence-electron chi connectivity index (χ4n) is 2.80. The fraction of sp³-hybridized carbons (Fsp3) is 0.625. The number of unbranched alkanes of at least 4 members (excludes halogenated alkanes) is 3. The van der Waals surface area contributed by atoms with E-state index in [1.807, 2.05) is 6.92 Å². The van der Waals surface area contributed by atoms with Crippen LogP contribution in [0, 0.1) is 6.92 Å². The van der Waals surface area contributed by atoms with Crippen LogP contribution in [0.4, 0.5) is 0 Å². The molecule has 4 nitrogen and oxygen atoms in total. The highest BCUT2D eigenvalue weighted by molar-refractivity contribution is 7.89. The van der Waals surface area contributed by atoms with Gasteiger partial charge in [-0.3, -0.25) is 0 Å². The third-order valence-electron chi connectivity index (χ3n) is 4.15. The molecule has 0 aromatic heterocycles. The summed E-state index contributed by atoms with van der Waals surface area (Å²) in [6.07, 6.45) is 5.34. The van der Waals surface area contributed by atoms with Gasteiger partial charge in [0.15, 0.2) is 0 Å². The van der Waals surface area contributed by atoms with Crippen LogP contribution in [0.5, 0.6) is 0 Å². The highest BCUT2D eigenvalue weighted by Crippen LogP contribution is 2.38. The molecule has 5 heteroatoms. The molecule has 0 saturated carbocycles. The van der Waals surface area contributed by atoms with Gasteiger partial charge in [0.25, 0.3) is 0 Å². The number of aryl methyl sites for hydroxylation is 1. The van der Waals surface area contributed by atoms with E-state index < -0.39 is 10.0 Å². The third kappa shape index (κ3) is 3.65. The summed E-state index contributed by atoms with van der Waals surface area (Å²) in [5.74, 6) is 0. The molecule has 1 aliphatic rings. The minimum Gasteiger partial charge on any atom is -0.395 e. The smallest absolute Gasteiger partial charge is 0.243 e. The van der Waals surface area contributed by atoms with E-state index in [1.165, 1.54) is 17.1 Å². The van der Waals surface area contributed by atoms with E-state index in [1.54, 1.807) is 24.3 Å². The van der Waals surface area contributed by atoms with Crippen molar-refractivity contribution in [1.29, 1.82) is 0 Å². The van der Waals surface area contributed by atoms with Crippen molar-refractivity contribution in [1.82, 2.24) is 4.31 Å². The molecule has 1 N–H and O–H groups in total. The SMILES string of the molecule is CCCCCCC1C(CO)N1S(=O)(=O)c1ccc(C)cc1. The van der Waals surface area contributed by atoms with Crippen LogP contribution in [0.2, 0.25) is 0 Å². The number of hydrogen-bond acceptors (Lipinski definition) is 3. The maximum absolute atomic E-state index is 12.6. The van der Waals surface area contributed by atoms with Crippen LogP contribution >= 0.6 is 0 Å². The monoisotopic (exact) mass is 311 g/mol. The van der Waals surface area contributed by atoms with Crippen molar-refractivity contribution in [3.63, 3.8) is 0 Å². The van der Waals surface area contributed by atoms with Gasteiger partial charge in [-0.2, -0.15) is 4.31 Å². The molecule has 3 unspecified atom stereocenters. The zero-order valence-electron chi connectivity index (χ0n) is 12.8. The number of aliphatic hydroxyl groups is 1. The Morgan fingerprint density at radius 1 is 1.10 bits per heavy atom. The Bertz CT molecular complexity index is 553. The highest BCUT2D eigenvalue weighted by Gasteiger charge is 2.54. The molecule has 1 aromatic carbocycles. The number of hydrogen-bond donors (Lipinski definition) is 1. The predicted octanol–water partition coefficient (Wildman–Crippen LogP) is 2.70. The second-order valence-corrected chi connectivity index (χ2v) is 7.66. The number of aliphatic hydroxyl groups excluding tert-OH is 1. The summed E-state index contributed by atoms with van der Waals surface area (Å²) in [6.45, 7) is 3.99. The first-order valence-electron chi connectivity index (χ1n) is 7.73. The van der Waals surface area contributed by atoms with Crippen LogP contribution < -0.4 is 0 Å². The summed E-state index contributed by atoms with van der Waals surface area (Å²) in [4.78, 5) is 0.322. The van der Waals surface area contributed by atoms with Crippen LogP contribution in [0.3, 0.4) is 0 Å². The zero-order valence-corrected chi connectivity index (χ0v) is 13.6. The standard InChI is InChI=1S/C16H25NO3S/c1-3-4-5-6-7-15-16(12-18)17(15)21(19,20)14-10-8-13(2)9-11-14/h8-11,15-16,18H,3-7,12H2,1-2H3. The molecule has 3 atom stereocenters. The first kappa shape index (κ1) is 16.5. The highest BCUT2D eigenvalue weighted by atomic mass is 32.2. The van der Waals surface area contributed by atoms with Crippen molar-refractivity contribution in [2.24, 2.45) is 0 Å². The van der Waals surface area contributed by atoms with Gasteiger partial charge in [0.05, 0.1) is 17.5 Å². The van der Waals surface area contributed by atoms with Crippen LogP contribution in [0.15, 0.2) is 29.2 Å². The van der Waals surface area contributed by atoms with Gasteiger partial charge in [0, 0.05) is 6.04 Å². The Morgan fingerprint density at radius 2 is 1.76 bits per heavy atom. The molecule has 0 radical (unpaired) electrons. The summed E-state index contributed by atoms with van der Waals surface area (Å²) >= 11 is 0. The molecule has 1 aliphatic heterocycles. The van der Waals surface area contributed by atoms with Gasteiger partial charge in [0.1, 0.15) is 0 Å². The quantitative estimate of drug-likeness (QED) is 0.593. The van der Waals surface area contributed by atoms with Crippen LogP contribution in [0.25, 0.3) is 0 Å². The van der Waals surface area contributed by atoms with E-state index in [9.17, 15) is 13.5 Å². The average Bonchev–Trinajstić information content (AvgIpc) is 3.18. The summed E-state index contributed by atoms with van der Waals surface area (Å²) in [6, 6.07) is 6.63. The number of sulfonamides is 1. The Kier molecular flexibility index (Phi) is 5.41. The molecule has 1 fully saturated rings. The molecule has 2 rings (SSSR count). The molecular weight excluding hydrogens is 286 g/mol. The Hall–Kier alpha value is -0.910. The number of benzene rings is 1. The topological polar surface area (TPSA) is 57.4 Å². The molecule has 1 aromatic rings. The minimum atomic E-state index is -3.46. The molecule has 1 saturated heterocycles. The van der Waals surface area contributed by atoms with Gasteiger partial charge >= 0.3 is 0 Å². The maximum atomic E-state index is 12.6. The van der Waals surface area contributed by atoms with Crippen molar-refractivity contribution < 1.29 is 13.5 Å². The van der Waals surface area contributed by atoms with E-state index in [0.29, 0.717) is 4.90 Å². The first-order valence-corrected chi connectivity index (χ1v) is 9.17. The van der Waals surface area contributed by atoms with Crippen molar-refractivity contribution in [3.05, 3.63) is 29.8 Å². The van der Waals surface area contributed by atoms with Crippen molar-refractivity contribution in [2.45, 2.75) is 62.9 Å². The second kappa shape index (κ2) is 6.90. The lowest BCUT2D eigenvalue weighted by atomic mass is 10.1. The van der Waals surface area contributed by atoms with Gasteiger partial charge in [0.2, 0.25) is 10.0 Å². The van der Waals surface area contributed by atoms with Crippen molar-refractivity contribution in [2.75, 3.05) is 6.61 Å². The van der Waals surface area contributed by atoms with Crippen molar-refractivity contribution >= 4 is 10.0 Å². The molecule has 1 heterocycles. The molecule has 0 aliphatic carbocycles. The predicted molar refractivity (Wildman–Crippen MR) is 83.6 cm³/mol. The second-order valence-electron chi connectivity index (χ2n) is 5.81. The summed E-state index contributed by atoms with van der Waals surface area (Å²) < 4.78 is 26.7. The molecule has 0 amide bonds. The average molecular weight is 311 g/mol. The van der Waals surface area contributed by atoms with Gasteiger partial charge in [-0.1, -0.05) is 50.3 Å². The lowest BCUT2D eigenvalue weighted by Gasteiger charge is -2.07. The lowest BCUT2D eigenvalue weighted by molar-refractivity contribution is 0.286. The molecule has 21 heavy (non-hydrogen) atoms. The van der Waals surface area contributed by atoms with Crippen LogP contribution in [-0.2, 0) is 10.0 Å². The van der Waals surface area contributed by atoms with Gasteiger partial charge in [-0.15, -0.1) is 0 Å². The largest absolute Gasteiger partial charge is 0.395 e. The van der Waals surface area contributed by atoms with Gasteiger partial charge in [-0.25, -0.2) is 8.42 Å². The first-order chi connectivity index (χ1) is 10.0. The maximum Gasteiger partial charge on any atom is 0.243 e. The summed E-state index contributed by atoms with van der Waals surface area (Å²) in [5, 5.41) is 9.40. The van der Waals surface area contributed by atoms with E-state index >= 15 is 0 Å². The summed E-state index contributed by atoms with van der Waals surface area (Å²) in [5.41, 5.74) is 1.04. The van der Waals surface area contributed by atoms with Crippen LogP contribution in [0.1, 0.15) is 44.6 Å². The fourth-order valence-corrected chi connectivity index (χ4v) is 4.64. The third-order valence-corrected chi connectivity index (χ3v) is 6.11. The molecule has 118 valence electrons. The van der Waals surface area contributed by atoms with E-state index in [0.717, 1.165) is 24.8 Å². The van der Waals surface area contributed by atoms with E-state index in [-0.39, 0.29) is 18.7 Å². The zero-order chi connectivity index (χ0) is 15.5. The summed E-state index contributed by atoms with van der Waals surface area (Å²) in [7, 11) is -3.46. The number of nitrogens with zero attached hydrogens (tertiary/aromatic N) is 1. The Labute approximate surface area is 127 Å². The molecule has 0 bridgehead atoms. The van der Waals surface area contributed by atoms with E-state index in [2.05, 4.69) is 6.92 Å². The van der Waals surface area contributed by atoms with Crippen molar-refractivity contribution in [3.8, 4) is 0 Å². The Balaban J connectivity index is 2.04. The van der Waals surface area contributed by atoms with Gasteiger partial charge < -0.3 is 5.11 Å². The lowest BCUT2D eigenvalue weighted by Crippen LogP contribution is -2.17. The number of rotatable bonds is 8. The Morgan fingerprint density at radius 3 is 2.33 bits per heavy atom. The normalized spacial score (nSPS) is 25.0. The van der Waals surface area contributed by atoms with Crippen LogP contribution in [-0.4, -0.2) is 36.5 Å². The van der Waals surface area contributed by atoms with Gasteiger partial charge in [-0.05, 0) is 25.5 Å².